The number of nitrogens with one attached hydrogen (secondary N) is 2. The van der Waals surface area contributed by atoms with Gasteiger partial charge in [0.1, 0.15) is 5.82 Å². The molecule has 162 valence electrons. The average Bonchev–Trinajstić information content (AvgIpc) is 2.75. The molecule has 0 radical (unpaired) electrons. The molecule has 0 amide bonds. The van der Waals surface area contributed by atoms with Crippen LogP contribution in [0.1, 0.15) is 5.69 Å². The van der Waals surface area contributed by atoms with Crippen LogP contribution in [0.5, 0.6) is 0 Å². The van der Waals surface area contributed by atoms with Crippen LogP contribution in [-0.4, -0.2) is 44.7 Å². The maximum absolute atomic E-state index is 12.5. The van der Waals surface area contributed by atoms with E-state index in [1.165, 1.54) is 0 Å². The lowest BCUT2D eigenvalue weighted by Gasteiger charge is -2.28. The Balaban J connectivity index is 1.46. The number of aryl methyl sites for hydroxylation is 1. The molecule has 8 nitrogen and oxygen atoms in total. The third-order valence-corrected chi connectivity index (χ3v) is 6.62. The van der Waals surface area contributed by atoms with E-state index in [1.807, 2.05) is 13.0 Å². The largest absolute Gasteiger partial charge is 0.378 e. The van der Waals surface area contributed by atoms with Gasteiger partial charge in [-0.3, -0.25) is 4.72 Å². The van der Waals surface area contributed by atoms with Crippen LogP contribution in [0.4, 0.5) is 23.1 Å². The topological polar surface area (TPSA) is 96.5 Å². The van der Waals surface area contributed by atoms with Crippen molar-refractivity contribution >= 4 is 49.1 Å². The average molecular weight is 504 g/mol. The monoisotopic (exact) mass is 503 g/mol. The molecule has 1 aliphatic rings. The maximum Gasteiger partial charge on any atom is 0.261 e. The van der Waals surface area contributed by atoms with Crippen molar-refractivity contribution < 1.29 is 13.2 Å². The highest BCUT2D eigenvalue weighted by molar-refractivity contribution is 9.10. The first-order valence-corrected chi connectivity index (χ1v) is 12.0. The highest BCUT2D eigenvalue weighted by Gasteiger charge is 2.15. The van der Waals surface area contributed by atoms with Crippen molar-refractivity contribution in [1.82, 2.24) is 9.97 Å². The van der Waals surface area contributed by atoms with Crippen molar-refractivity contribution in [2.75, 3.05) is 41.2 Å². The minimum atomic E-state index is -3.66. The van der Waals surface area contributed by atoms with E-state index in [2.05, 4.69) is 40.8 Å². The molecule has 1 fully saturated rings. The Morgan fingerprint density at radius 1 is 0.968 bits per heavy atom. The molecule has 2 N–H and O–H groups in total. The molecule has 10 heteroatoms. The third kappa shape index (κ3) is 5.52. The van der Waals surface area contributed by atoms with Crippen molar-refractivity contribution in [1.29, 1.82) is 0 Å². The Morgan fingerprint density at radius 2 is 1.61 bits per heavy atom. The second-order valence-corrected chi connectivity index (χ2v) is 9.65. The fourth-order valence-electron chi connectivity index (χ4n) is 3.14. The van der Waals surface area contributed by atoms with Gasteiger partial charge >= 0.3 is 0 Å². The Hall–Kier alpha value is -2.69. The van der Waals surface area contributed by atoms with Crippen LogP contribution in [0.15, 0.2) is 64.0 Å². The zero-order valence-corrected chi connectivity index (χ0v) is 19.3. The molecule has 0 unspecified atom stereocenters. The van der Waals surface area contributed by atoms with Gasteiger partial charge < -0.3 is 15.0 Å². The van der Waals surface area contributed by atoms with Crippen molar-refractivity contribution in [3.8, 4) is 0 Å². The van der Waals surface area contributed by atoms with Gasteiger partial charge in [0.15, 0.2) is 0 Å². The number of ether oxygens (including phenoxy) is 1. The predicted molar refractivity (Wildman–Crippen MR) is 124 cm³/mol. The summed E-state index contributed by atoms with van der Waals surface area (Å²) in [6.45, 7) is 4.88. The molecular formula is C21H22BrN5O3S. The quantitative estimate of drug-likeness (QED) is 0.525. The predicted octanol–water partition coefficient (Wildman–Crippen LogP) is 3.93. The molecule has 0 spiro atoms. The molecule has 0 bridgehead atoms. The van der Waals surface area contributed by atoms with Crippen LogP contribution in [0.25, 0.3) is 0 Å². The molecule has 2 heterocycles. The lowest BCUT2D eigenvalue weighted by Crippen LogP contribution is -2.36. The molecule has 31 heavy (non-hydrogen) atoms. The highest BCUT2D eigenvalue weighted by atomic mass is 79.9. The van der Waals surface area contributed by atoms with Gasteiger partial charge in [-0.15, -0.1) is 0 Å². The summed E-state index contributed by atoms with van der Waals surface area (Å²) in [5.41, 5.74) is 2.08. The molecule has 0 atom stereocenters. The molecule has 2 aromatic carbocycles. The number of aromatic nitrogens is 2. The van der Waals surface area contributed by atoms with Gasteiger partial charge in [-0.1, -0.05) is 15.9 Å². The van der Waals surface area contributed by atoms with Gasteiger partial charge in [-0.2, -0.15) is 4.98 Å². The second-order valence-electron chi connectivity index (χ2n) is 7.05. The van der Waals surface area contributed by atoms with Gasteiger partial charge in [0.2, 0.25) is 5.95 Å². The second kappa shape index (κ2) is 9.21. The van der Waals surface area contributed by atoms with E-state index < -0.39 is 10.0 Å². The van der Waals surface area contributed by atoms with E-state index in [-0.39, 0.29) is 4.90 Å². The minimum Gasteiger partial charge on any atom is -0.378 e. The first kappa shape index (κ1) is 21.5. The van der Waals surface area contributed by atoms with Gasteiger partial charge in [0, 0.05) is 40.7 Å². The van der Waals surface area contributed by atoms with E-state index in [9.17, 15) is 8.42 Å². The number of hydrogen-bond donors (Lipinski definition) is 2. The van der Waals surface area contributed by atoms with Crippen LogP contribution < -0.4 is 14.9 Å². The molecule has 0 saturated carbocycles. The van der Waals surface area contributed by atoms with E-state index in [4.69, 9.17) is 4.74 Å². The maximum atomic E-state index is 12.5. The number of benzene rings is 2. The Labute approximate surface area is 189 Å². The summed E-state index contributed by atoms with van der Waals surface area (Å²) in [4.78, 5) is 11.4. The van der Waals surface area contributed by atoms with Crippen LogP contribution in [-0.2, 0) is 14.8 Å². The summed E-state index contributed by atoms with van der Waals surface area (Å²) in [6.07, 6.45) is 0. The minimum absolute atomic E-state index is 0.196. The Bertz CT molecular complexity index is 1150. The summed E-state index contributed by atoms with van der Waals surface area (Å²) >= 11 is 3.30. The van der Waals surface area contributed by atoms with Crippen molar-refractivity contribution in [3.05, 3.63) is 64.8 Å². The van der Waals surface area contributed by atoms with Crippen molar-refractivity contribution in [3.63, 3.8) is 0 Å². The lowest BCUT2D eigenvalue weighted by molar-refractivity contribution is 0.122. The van der Waals surface area contributed by atoms with Gasteiger partial charge in [-0.25, -0.2) is 13.4 Å². The van der Waals surface area contributed by atoms with Crippen LogP contribution >= 0.6 is 15.9 Å². The summed E-state index contributed by atoms with van der Waals surface area (Å²) in [7, 11) is -3.66. The van der Waals surface area contributed by atoms with Crippen molar-refractivity contribution in [2.45, 2.75) is 11.8 Å². The van der Waals surface area contributed by atoms with Gasteiger partial charge in [-0.05, 0) is 55.5 Å². The van der Waals surface area contributed by atoms with Crippen LogP contribution in [0.2, 0.25) is 0 Å². The summed E-state index contributed by atoms with van der Waals surface area (Å²) < 4.78 is 33.9. The van der Waals surface area contributed by atoms with E-state index in [0.717, 1.165) is 34.8 Å². The molecular weight excluding hydrogens is 482 g/mol. The Morgan fingerprint density at radius 3 is 2.29 bits per heavy atom. The van der Waals surface area contributed by atoms with Crippen molar-refractivity contribution in [2.24, 2.45) is 0 Å². The number of halogens is 1. The summed E-state index contributed by atoms with van der Waals surface area (Å²) in [5.74, 6) is 1.35. The number of nitrogens with zero attached hydrogens (tertiary/aromatic N) is 3. The number of rotatable bonds is 6. The Kier molecular flexibility index (Phi) is 6.40. The fourth-order valence-corrected chi connectivity index (χ4v) is 4.46. The van der Waals surface area contributed by atoms with E-state index >= 15 is 0 Å². The first-order valence-electron chi connectivity index (χ1n) is 9.73. The smallest absolute Gasteiger partial charge is 0.261 e. The molecule has 3 aromatic rings. The van der Waals surface area contributed by atoms with E-state index in [1.54, 1.807) is 48.5 Å². The zero-order valence-electron chi connectivity index (χ0n) is 16.9. The lowest BCUT2D eigenvalue weighted by atomic mass is 10.3. The first-order chi connectivity index (χ1) is 14.9. The number of sulfonamides is 1. The van der Waals surface area contributed by atoms with Crippen LogP contribution in [0, 0.1) is 6.92 Å². The highest BCUT2D eigenvalue weighted by Crippen LogP contribution is 2.23. The molecule has 0 aliphatic carbocycles. The zero-order chi connectivity index (χ0) is 21.8. The SMILES string of the molecule is Cc1cc(N2CCOCC2)nc(Nc2ccc(NS(=O)(=O)c3ccc(Br)cc3)cc2)n1. The molecule has 4 rings (SSSR count). The van der Waals surface area contributed by atoms with Gasteiger partial charge in [0.05, 0.1) is 18.1 Å². The number of morpholine rings is 1. The fraction of sp³-hybridized carbons (Fsp3) is 0.238. The number of hydrogen-bond acceptors (Lipinski definition) is 7. The summed E-state index contributed by atoms with van der Waals surface area (Å²) in [6, 6.07) is 15.4. The third-order valence-electron chi connectivity index (χ3n) is 4.69. The van der Waals surface area contributed by atoms with E-state index in [0.29, 0.717) is 24.8 Å². The number of anilines is 4. The van der Waals surface area contributed by atoms with Crippen LogP contribution in [0.3, 0.4) is 0 Å². The molecule has 1 aromatic heterocycles. The molecule has 1 aliphatic heterocycles. The normalized spacial score (nSPS) is 14.3. The molecule has 1 saturated heterocycles. The van der Waals surface area contributed by atoms with Gasteiger partial charge in [0.25, 0.3) is 10.0 Å². The standard InChI is InChI=1S/C21H22BrN5O3S/c1-15-14-20(27-10-12-30-13-11-27)25-21(23-15)24-17-4-6-18(7-5-17)26-31(28,29)19-8-2-16(22)3-9-19/h2-9,14,26H,10-13H2,1H3,(H,23,24,25). The summed E-state index contributed by atoms with van der Waals surface area (Å²) in [5, 5.41) is 3.19.